The van der Waals surface area contributed by atoms with Gasteiger partial charge in [0.25, 0.3) is 0 Å². The third-order valence-electron chi connectivity index (χ3n) is 2.59. The number of halogens is 3. The Kier molecular flexibility index (Phi) is 4.89. The zero-order chi connectivity index (χ0) is 12.9. The van der Waals surface area contributed by atoms with Gasteiger partial charge in [-0.05, 0) is 37.0 Å². The Balaban J connectivity index is 2.58. The van der Waals surface area contributed by atoms with Crippen LogP contribution >= 0.6 is 0 Å². The number of nitrogens with one attached hydrogen (secondary N) is 1. The maximum atomic E-state index is 12.0. The third-order valence-corrected chi connectivity index (χ3v) is 2.59. The summed E-state index contributed by atoms with van der Waals surface area (Å²) >= 11 is 0. The molecule has 3 nitrogen and oxygen atoms in total. The number of pyridine rings is 1. The fraction of sp³-hybridized carbons (Fsp3) is 0.545. The molecule has 0 amide bonds. The van der Waals surface area contributed by atoms with Gasteiger partial charge in [0.05, 0.1) is 0 Å². The average molecular weight is 247 g/mol. The molecule has 0 saturated carbocycles. The Bertz CT molecular complexity index is 352. The van der Waals surface area contributed by atoms with Crippen molar-refractivity contribution in [2.24, 2.45) is 5.84 Å². The molecule has 1 unspecified atom stereocenters. The van der Waals surface area contributed by atoms with Crippen LogP contribution in [0.15, 0.2) is 18.5 Å². The molecule has 0 saturated heterocycles. The molecule has 96 valence electrons. The van der Waals surface area contributed by atoms with Crippen molar-refractivity contribution in [3.63, 3.8) is 0 Å². The van der Waals surface area contributed by atoms with E-state index in [0.717, 1.165) is 11.1 Å². The van der Waals surface area contributed by atoms with Crippen LogP contribution in [0.25, 0.3) is 0 Å². The molecular weight excluding hydrogens is 231 g/mol. The van der Waals surface area contributed by atoms with E-state index in [1.165, 1.54) is 0 Å². The number of hydrogen-bond donors (Lipinski definition) is 2. The Morgan fingerprint density at radius 2 is 2.18 bits per heavy atom. The van der Waals surface area contributed by atoms with Crippen LogP contribution < -0.4 is 11.3 Å². The van der Waals surface area contributed by atoms with Crippen molar-refractivity contribution in [2.45, 2.75) is 38.4 Å². The topological polar surface area (TPSA) is 50.9 Å². The number of aromatic nitrogens is 1. The lowest BCUT2D eigenvalue weighted by molar-refractivity contribution is -0.135. The molecule has 0 bridgehead atoms. The Morgan fingerprint density at radius 3 is 2.71 bits per heavy atom. The number of nitrogens with zero attached hydrogens (tertiary/aromatic N) is 1. The smallest absolute Gasteiger partial charge is 0.271 e. The number of nitrogens with two attached hydrogens (primary N) is 1. The van der Waals surface area contributed by atoms with Crippen molar-refractivity contribution in [2.75, 3.05) is 0 Å². The first-order valence-electron chi connectivity index (χ1n) is 5.37. The van der Waals surface area contributed by atoms with Crippen LogP contribution in [0.4, 0.5) is 13.2 Å². The lowest BCUT2D eigenvalue weighted by Crippen LogP contribution is -2.28. The third kappa shape index (κ3) is 4.70. The highest BCUT2D eigenvalue weighted by molar-refractivity contribution is 5.25. The number of hydrogen-bond acceptors (Lipinski definition) is 3. The summed E-state index contributed by atoms with van der Waals surface area (Å²) in [6, 6.07) is 1.51. The first-order valence-corrected chi connectivity index (χ1v) is 5.37. The summed E-state index contributed by atoms with van der Waals surface area (Å²) in [5.41, 5.74) is 4.36. The molecule has 0 aromatic carbocycles. The molecule has 1 aromatic rings. The quantitative estimate of drug-likeness (QED) is 0.621. The highest BCUT2D eigenvalue weighted by atomic mass is 19.4. The summed E-state index contributed by atoms with van der Waals surface area (Å²) < 4.78 is 36.1. The van der Waals surface area contributed by atoms with Crippen LogP contribution in [0.1, 0.15) is 36.4 Å². The van der Waals surface area contributed by atoms with Crippen molar-refractivity contribution in [1.82, 2.24) is 10.4 Å². The van der Waals surface area contributed by atoms with Gasteiger partial charge in [-0.2, -0.15) is 13.2 Å². The van der Waals surface area contributed by atoms with Gasteiger partial charge in [0, 0.05) is 24.9 Å². The molecule has 0 spiro atoms. The van der Waals surface area contributed by atoms with Crippen molar-refractivity contribution < 1.29 is 13.2 Å². The van der Waals surface area contributed by atoms with Gasteiger partial charge < -0.3 is 0 Å². The van der Waals surface area contributed by atoms with Crippen molar-refractivity contribution >= 4 is 0 Å². The van der Waals surface area contributed by atoms with Gasteiger partial charge in [0.15, 0.2) is 0 Å². The predicted molar refractivity (Wildman–Crippen MR) is 58.9 cm³/mol. The van der Waals surface area contributed by atoms with E-state index in [1.807, 2.05) is 6.92 Å². The molecule has 0 fully saturated rings. The normalized spacial score (nSPS) is 13.7. The van der Waals surface area contributed by atoms with E-state index in [9.17, 15) is 13.2 Å². The van der Waals surface area contributed by atoms with E-state index in [2.05, 4.69) is 10.4 Å². The fourth-order valence-electron chi connectivity index (χ4n) is 1.71. The molecule has 17 heavy (non-hydrogen) atoms. The van der Waals surface area contributed by atoms with Gasteiger partial charge in [-0.15, -0.1) is 0 Å². The van der Waals surface area contributed by atoms with Gasteiger partial charge in [-0.1, -0.05) is 0 Å². The maximum absolute atomic E-state index is 12.0. The lowest BCUT2D eigenvalue weighted by atomic mass is 9.99. The summed E-state index contributed by atoms with van der Waals surface area (Å²) in [5.74, 6) is 5.37. The molecule has 1 atom stereocenters. The van der Waals surface area contributed by atoms with Gasteiger partial charge >= 0.3 is 6.18 Å². The van der Waals surface area contributed by atoms with E-state index in [-0.39, 0.29) is 12.5 Å². The molecule has 1 aromatic heterocycles. The van der Waals surface area contributed by atoms with Crippen LogP contribution in [-0.2, 0) is 0 Å². The maximum Gasteiger partial charge on any atom is 0.389 e. The SMILES string of the molecule is Cc1cnccc1C(CCCC(F)(F)F)NN. The highest BCUT2D eigenvalue weighted by Gasteiger charge is 2.26. The van der Waals surface area contributed by atoms with Crippen molar-refractivity contribution in [3.8, 4) is 0 Å². The fourth-order valence-corrected chi connectivity index (χ4v) is 1.71. The van der Waals surface area contributed by atoms with E-state index in [0.29, 0.717) is 6.42 Å². The Labute approximate surface area is 98.2 Å². The molecule has 1 rings (SSSR count). The molecule has 0 radical (unpaired) electrons. The minimum atomic E-state index is -4.10. The number of hydrazine groups is 1. The summed E-state index contributed by atoms with van der Waals surface area (Å²) in [4.78, 5) is 3.93. The predicted octanol–water partition coefficient (Wildman–Crippen LogP) is 2.63. The average Bonchev–Trinajstić information content (AvgIpc) is 2.24. The zero-order valence-electron chi connectivity index (χ0n) is 9.59. The molecule has 3 N–H and O–H groups in total. The van der Waals surface area contributed by atoms with E-state index in [1.54, 1.807) is 18.5 Å². The standard InChI is InChI=1S/C11H16F3N3/c1-8-7-16-6-4-9(8)10(17-15)3-2-5-11(12,13)14/h4,6-7,10,17H,2-3,5,15H2,1H3. The largest absolute Gasteiger partial charge is 0.389 e. The van der Waals surface area contributed by atoms with Crippen LogP contribution in [0, 0.1) is 6.92 Å². The van der Waals surface area contributed by atoms with Crippen LogP contribution in [0.2, 0.25) is 0 Å². The molecule has 0 aliphatic heterocycles. The first kappa shape index (κ1) is 13.9. The minimum absolute atomic E-state index is 0.0557. The molecule has 1 heterocycles. The molecule has 0 aliphatic carbocycles. The van der Waals surface area contributed by atoms with E-state index in [4.69, 9.17) is 5.84 Å². The van der Waals surface area contributed by atoms with E-state index < -0.39 is 12.6 Å². The lowest BCUT2D eigenvalue weighted by Gasteiger charge is -2.18. The second-order valence-electron chi connectivity index (χ2n) is 3.96. The molecule has 0 aliphatic rings. The summed E-state index contributed by atoms with van der Waals surface area (Å²) in [6.45, 7) is 1.86. The van der Waals surface area contributed by atoms with Gasteiger partial charge in [-0.25, -0.2) is 0 Å². The van der Waals surface area contributed by atoms with Gasteiger partial charge in [-0.3, -0.25) is 16.3 Å². The zero-order valence-corrected chi connectivity index (χ0v) is 9.59. The second-order valence-corrected chi connectivity index (χ2v) is 3.96. The Morgan fingerprint density at radius 1 is 1.47 bits per heavy atom. The van der Waals surface area contributed by atoms with Crippen LogP contribution in [0.5, 0.6) is 0 Å². The van der Waals surface area contributed by atoms with Crippen molar-refractivity contribution in [3.05, 3.63) is 29.6 Å². The van der Waals surface area contributed by atoms with E-state index >= 15 is 0 Å². The monoisotopic (exact) mass is 247 g/mol. The molecule has 6 heteroatoms. The molecular formula is C11H16F3N3. The number of aryl methyl sites for hydroxylation is 1. The Hall–Kier alpha value is -1.14. The van der Waals surface area contributed by atoms with Crippen LogP contribution in [0.3, 0.4) is 0 Å². The van der Waals surface area contributed by atoms with Crippen molar-refractivity contribution in [1.29, 1.82) is 0 Å². The van der Waals surface area contributed by atoms with Gasteiger partial charge in [0.1, 0.15) is 0 Å². The number of alkyl halides is 3. The second kappa shape index (κ2) is 5.97. The highest BCUT2D eigenvalue weighted by Crippen LogP contribution is 2.26. The minimum Gasteiger partial charge on any atom is -0.271 e. The summed E-state index contributed by atoms with van der Waals surface area (Å²) in [6.07, 6.45) is -1.21. The van der Waals surface area contributed by atoms with Gasteiger partial charge in [0.2, 0.25) is 0 Å². The number of rotatable bonds is 5. The first-order chi connectivity index (χ1) is 7.94. The summed E-state index contributed by atoms with van der Waals surface area (Å²) in [5, 5.41) is 0. The summed E-state index contributed by atoms with van der Waals surface area (Å²) in [7, 11) is 0. The van der Waals surface area contributed by atoms with Crippen LogP contribution in [-0.4, -0.2) is 11.2 Å².